The van der Waals surface area contributed by atoms with Crippen molar-refractivity contribution in [3.63, 3.8) is 0 Å². The van der Waals surface area contributed by atoms with Gasteiger partial charge in [-0.2, -0.15) is 0 Å². The molecule has 0 aliphatic heterocycles. The first-order valence-corrected chi connectivity index (χ1v) is 20.3. The van der Waals surface area contributed by atoms with Gasteiger partial charge >= 0.3 is 0 Å². The first-order chi connectivity index (χ1) is 29.5. The zero-order valence-corrected chi connectivity index (χ0v) is 32.9. The molecule has 9 aromatic heterocycles. The largest absolute Gasteiger partial charge is 0.292 e. The lowest BCUT2D eigenvalue weighted by Gasteiger charge is -2.09. The Bertz CT molecular complexity index is 3250. The smallest absolute Gasteiger partial charge is 0.166 e. The summed E-state index contributed by atoms with van der Waals surface area (Å²) in [6.07, 6.45) is 3.48. The van der Waals surface area contributed by atoms with E-state index in [1.165, 1.54) is 11.3 Å². The van der Waals surface area contributed by atoms with Gasteiger partial charge in [-0.3, -0.25) is 20.8 Å². The summed E-state index contributed by atoms with van der Waals surface area (Å²) < 4.78 is 0. The Kier molecular flexibility index (Phi) is 9.65. The van der Waals surface area contributed by atoms with Crippen LogP contribution in [0.15, 0.2) is 158 Å². The molecule has 0 unspecified atom stereocenters. The predicted octanol–water partition coefficient (Wildman–Crippen LogP) is 10.1. The van der Waals surface area contributed by atoms with Crippen LogP contribution in [0.25, 0.3) is 88.8 Å². The van der Waals surface area contributed by atoms with E-state index in [-0.39, 0.29) is 10.1 Å². The number of aromatic nitrogens is 10. The van der Waals surface area contributed by atoms with E-state index in [0.717, 1.165) is 51.0 Å². The molecule has 60 heavy (non-hydrogen) atoms. The number of hydrogen-bond donors (Lipinski definition) is 2. The normalized spacial score (nSPS) is 11.2. The van der Waals surface area contributed by atoms with Crippen molar-refractivity contribution in [1.82, 2.24) is 50.1 Å². The third-order valence-corrected chi connectivity index (χ3v) is 11.2. The molecule has 2 N–H and O–H groups in total. The van der Waals surface area contributed by atoms with Crippen LogP contribution >= 0.6 is 23.1 Å². The quantitative estimate of drug-likeness (QED) is 0.0848. The predicted molar refractivity (Wildman–Crippen MR) is 238 cm³/mol. The molecule has 284 valence electrons. The lowest BCUT2D eigenvalue weighted by Crippen LogP contribution is -2.06. The van der Waals surface area contributed by atoms with Gasteiger partial charge in [-0.1, -0.05) is 72.0 Å². The van der Waals surface area contributed by atoms with Crippen LogP contribution in [0, 0.1) is 10.8 Å². The Morgan fingerprint density at radius 1 is 0.367 bits per heavy atom. The van der Waals surface area contributed by atoms with Crippen molar-refractivity contribution in [2.75, 3.05) is 0 Å². The molecule has 12 nitrogen and oxygen atoms in total. The molecule has 9 heterocycles. The maximum absolute atomic E-state index is 8.98. The number of thioether (sulfide) groups is 1. The fourth-order valence-corrected chi connectivity index (χ4v) is 7.94. The summed E-state index contributed by atoms with van der Waals surface area (Å²) in [5.74, 6) is 0. The van der Waals surface area contributed by atoms with Crippen molar-refractivity contribution in [2.45, 2.75) is 0 Å². The molecule has 0 aliphatic rings. The molecule has 0 atom stereocenters. The fourth-order valence-electron chi connectivity index (χ4n) is 6.52. The van der Waals surface area contributed by atoms with Gasteiger partial charge in [0.25, 0.3) is 0 Å². The Balaban J connectivity index is 0.896. The number of hydrogen-bond acceptors (Lipinski definition) is 14. The fraction of sp³-hybridized carbons (Fsp3) is 0. The highest BCUT2D eigenvalue weighted by Crippen LogP contribution is 2.32. The minimum absolute atomic E-state index is 0.111. The van der Waals surface area contributed by atoms with Crippen molar-refractivity contribution in [1.29, 1.82) is 10.8 Å². The molecular formula is C46H28N12S2. The first-order valence-electron chi connectivity index (χ1n) is 18.6. The number of nitrogens with zero attached hydrogens (tertiary/aromatic N) is 10. The van der Waals surface area contributed by atoms with Gasteiger partial charge in [0.1, 0.15) is 21.5 Å². The van der Waals surface area contributed by atoms with E-state index in [0.29, 0.717) is 60.9 Å². The highest BCUT2D eigenvalue weighted by Gasteiger charge is 2.17. The van der Waals surface area contributed by atoms with Gasteiger partial charge in [-0.15, -0.1) is 10.2 Å². The van der Waals surface area contributed by atoms with Crippen molar-refractivity contribution >= 4 is 55.0 Å². The van der Waals surface area contributed by atoms with Crippen LogP contribution in [-0.4, -0.2) is 60.2 Å². The zero-order valence-electron chi connectivity index (χ0n) is 31.3. The molecule has 0 aliphatic carbocycles. The van der Waals surface area contributed by atoms with Crippen LogP contribution in [0.3, 0.4) is 0 Å². The second kappa shape index (κ2) is 15.9. The molecule has 0 fully saturated rings. The summed E-state index contributed by atoms with van der Waals surface area (Å²) in [6, 6.07) is 45.8. The summed E-state index contributed by atoms with van der Waals surface area (Å²) in [4.78, 5) is 38.0. The molecule has 10 aromatic rings. The number of benzene rings is 1. The van der Waals surface area contributed by atoms with E-state index >= 15 is 0 Å². The van der Waals surface area contributed by atoms with Gasteiger partial charge < -0.3 is 0 Å². The maximum atomic E-state index is 8.98. The third kappa shape index (κ3) is 7.39. The highest BCUT2D eigenvalue weighted by molar-refractivity contribution is 8.27. The molecule has 14 heteroatoms. The van der Waals surface area contributed by atoms with E-state index in [2.05, 4.69) is 20.2 Å². The van der Waals surface area contributed by atoms with Crippen molar-refractivity contribution < 1.29 is 0 Å². The first kappa shape index (κ1) is 36.5. The van der Waals surface area contributed by atoms with E-state index in [1.54, 1.807) is 24.5 Å². The minimum atomic E-state index is 0.111. The van der Waals surface area contributed by atoms with Crippen molar-refractivity contribution in [2.24, 2.45) is 0 Å². The Morgan fingerprint density at radius 3 is 1.35 bits per heavy atom. The van der Waals surface area contributed by atoms with Gasteiger partial charge in [-0.25, -0.2) is 29.9 Å². The molecule has 10 rings (SSSR count). The Hall–Kier alpha value is -7.81. The summed E-state index contributed by atoms with van der Waals surface area (Å²) in [7, 11) is 0. The van der Waals surface area contributed by atoms with Crippen LogP contribution in [0.5, 0.6) is 0 Å². The number of fused-ring (bicyclic) bond motifs is 3. The van der Waals surface area contributed by atoms with Crippen molar-refractivity contribution in [3.05, 3.63) is 169 Å². The van der Waals surface area contributed by atoms with Gasteiger partial charge in [-0.05, 0) is 96.7 Å². The number of rotatable bonds is 8. The van der Waals surface area contributed by atoms with Crippen LogP contribution in [0.4, 0.5) is 0 Å². The maximum Gasteiger partial charge on any atom is 0.166 e. The molecule has 1 aromatic carbocycles. The molecular weight excluding hydrogens is 785 g/mol. The van der Waals surface area contributed by atoms with E-state index in [4.69, 9.17) is 40.7 Å². The SMILES string of the molecule is N=C(SC(=N)c1ccc2ccc3ccc(-c4nnc(-c5cccc(-c6cccc(-c7ccccn7)n6)n5)s4)nc3c2n1)c1cccc(-c2cccc(-c3ccccn3)n2)n1. The molecule has 0 saturated heterocycles. The van der Waals surface area contributed by atoms with Crippen LogP contribution in [0.2, 0.25) is 0 Å². The van der Waals surface area contributed by atoms with Crippen LogP contribution in [0.1, 0.15) is 11.4 Å². The molecule has 0 amide bonds. The zero-order chi connectivity index (χ0) is 40.4. The van der Waals surface area contributed by atoms with Gasteiger partial charge in [0.2, 0.25) is 0 Å². The molecule has 0 spiro atoms. The van der Waals surface area contributed by atoms with Crippen LogP contribution in [-0.2, 0) is 0 Å². The average Bonchev–Trinajstić information content (AvgIpc) is 3.83. The number of pyridine rings is 8. The van der Waals surface area contributed by atoms with Gasteiger partial charge in [0.15, 0.2) is 10.0 Å². The van der Waals surface area contributed by atoms with E-state index in [9.17, 15) is 0 Å². The topological polar surface area (TPSA) is 177 Å². The summed E-state index contributed by atoms with van der Waals surface area (Å²) in [5.41, 5.74) is 9.24. The number of nitrogens with one attached hydrogen (secondary N) is 2. The molecule has 0 saturated carbocycles. The van der Waals surface area contributed by atoms with Crippen LogP contribution < -0.4 is 0 Å². The minimum Gasteiger partial charge on any atom is -0.292 e. The average molecular weight is 813 g/mol. The van der Waals surface area contributed by atoms with Gasteiger partial charge in [0, 0.05) is 23.2 Å². The summed E-state index contributed by atoms with van der Waals surface area (Å²) in [5, 5.41) is 30.1. The summed E-state index contributed by atoms with van der Waals surface area (Å²) >= 11 is 2.38. The standard InChI is InChI=1S/C46H28N12S2/c47-43(37-17-7-15-35(53-37)33-13-5-11-31(51-33)29-9-1-3-25-49-29)59-44(48)38-23-21-27-19-20-28-22-24-40(56-42(28)41(27)55-38)46-58-57-45(60-46)39-18-8-16-36(54-39)34-14-6-12-32(52-34)30-10-2-4-26-50-30/h1-26,47-48H. The summed E-state index contributed by atoms with van der Waals surface area (Å²) in [6.45, 7) is 0. The lowest BCUT2D eigenvalue weighted by molar-refractivity contribution is 1.08. The Labute approximate surface area is 350 Å². The van der Waals surface area contributed by atoms with E-state index in [1.807, 2.05) is 133 Å². The van der Waals surface area contributed by atoms with Gasteiger partial charge in [0.05, 0.1) is 68.0 Å². The lowest BCUT2D eigenvalue weighted by atomic mass is 10.1. The molecule has 0 bridgehead atoms. The highest BCUT2D eigenvalue weighted by atomic mass is 32.2. The second-order valence-corrected chi connectivity index (χ2v) is 15.3. The Morgan fingerprint density at radius 2 is 0.783 bits per heavy atom. The molecule has 0 radical (unpaired) electrons. The van der Waals surface area contributed by atoms with Crippen molar-refractivity contribution in [3.8, 4) is 67.0 Å². The monoisotopic (exact) mass is 812 g/mol. The third-order valence-electron chi connectivity index (χ3n) is 9.43. The van der Waals surface area contributed by atoms with E-state index < -0.39 is 0 Å². The second-order valence-electron chi connectivity index (χ2n) is 13.3.